The lowest BCUT2D eigenvalue weighted by atomic mass is 10.1. The van der Waals surface area contributed by atoms with Gasteiger partial charge in [-0.3, -0.25) is 4.79 Å². The number of amides is 1. The van der Waals surface area contributed by atoms with E-state index < -0.39 is 0 Å². The van der Waals surface area contributed by atoms with Crippen molar-refractivity contribution in [2.45, 2.75) is 13.5 Å². The highest BCUT2D eigenvalue weighted by molar-refractivity contribution is 5.76. The first kappa shape index (κ1) is 12.3. The van der Waals surface area contributed by atoms with Crippen LogP contribution in [-0.4, -0.2) is 23.6 Å². The maximum Gasteiger partial charge on any atom is 0.240 e. The SMILES string of the molecule is CNCc1nc(-c2ccc(C)c(NC=O)c2)no1. The van der Waals surface area contributed by atoms with Crippen molar-refractivity contribution < 1.29 is 9.32 Å². The van der Waals surface area contributed by atoms with Crippen LogP contribution in [0.2, 0.25) is 0 Å². The van der Waals surface area contributed by atoms with Crippen LogP contribution in [0.3, 0.4) is 0 Å². The summed E-state index contributed by atoms with van der Waals surface area (Å²) in [4.78, 5) is 14.7. The molecule has 0 saturated heterocycles. The zero-order chi connectivity index (χ0) is 13.0. The average molecular weight is 246 g/mol. The number of hydrogen-bond acceptors (Lipinski definition) is 5. The molecule has 1 aromatic heterocycles. The second-order valence-corrected chi connectivity index (χ2v) is 3.83. The summed E-state index contributed by atoms with van der Waals surface area (Å²) in [6.45, 7) is 2.44. The van der Waals surface area contributed by atoms with E-state index in [1.807, 2.05) is 32.2 Å². The van der Waals surface area contributed by atoms with E-state index in [4.69, 9.17) is 4.52 Å². The number of nitrogens with zero attached hydrogens (tertiary/aromatic N) is 2. The van der Waals surface area contributed by atoms with Gasteiger partial charge in [-0.1, -0.05) is 17.3 Å². The standard InChI is InChI=1S/C12H14N4O2/c1-8-3-4-9(5-10(8)14-7-17)12-15-11(6-13-2)18-16-12/h3-5,7,13H,6H2,1-2H3,(H,14,17). The molecule has 2 aromatic rings. The van der Waals surface area contributed by atoms with Crippen molar-refractivity contribution in [3.05, 3.63) is 29.7 Å². The summed E-state index contributed by atoms with van der Waals surface area (Å²) in [5.41, 5.74) is 2.52. The molecule has 0 atom stereocenters. The molecule has 0 fully saturated rings. The highest BCUT2D eigenvalue weighted by Crippen LogP contribution is 2.23. The normalized spacial score (nSPS) is 10.3. The predicted molar refractivity (Wildman–Crippen MR) is 66.9 cm³/mol. The molecule has 0 unspecified atom stereocenters. The van der Waals surface area contributed by atoms with Crippen LogP contribution in [0.5, 0.6) is 0 Å². The van der Waals surface area contributed by atoms with E-state index >= 15 is 0 Å². The third kappa shape index (κ3) is 2.54. The fraction of sp³-hybridized carbons (Fsp3) is 0.250. The van der Waals surface area contributed by atoms with E-state index in [1.54, 1.807) is 0 Å². The molecule has 1 heterocycles. The van der Waals surface area contributed by atoms with Gasteiger partial charge < -0.3 is 15.2 Å². The van der Waals surface area contributed by atoms with Gasteiger partial charge in [-0.05, 0) is 25.6 Å². The molecular weight excluding hydrogens is 232 g/mol. The lowest BCUT2D eigenvalue weighted by molar-refractivity contribution is -0.105. The molecule has 1 aromatic carbocycles. The Hall–Kier alpha value is -2.21. The summed E-state index contributed by atoms with van der Waals surface area (Å²) in [6.07, 6.45) is 0.648. The fourth-order valence-electron chi connectivity index (χ4n) is 1.58. The van der Waals surface area contributed by atoms with Gasteiger partial charge in [0.15, 0.2) is 0 Å². The summed E-state index contributed by atoms with van der Waals surface area (Å²) < 4.78 is 5.08. The van der Waals surface area contributed by atoms with Gasteiger partial charge in [0.05, 0.1) is 6.54 Å². The molecule has 6 nitrogen and oxygen atoms in total. The largest absolute Gasteiger partial charge is 0.338 e. The van der Waals surface area contributed by atoms with Crippen LogP contribution < -0.4 is 10.6 Å². The number of aryl methyl sites for hydroxylation is 1. The zero-order valence-corrected chi connectivity index (χ0v) is 10.2. The Morgan fingerprint density at radius 3 is 3.00 bits per heavy atom. The summed E-state index contributed by atoms with van der Waals surface area (Å²) in [7, 11) is 1.81. The Morgan fingerprint density at radius 2 is 2.28 bits per heavy atom. The van der Waals surface area contributed by atoms with Crippen LogP contribution in [0, 0.1) is 6.92 Å². The van der Waals surface area contributed by atoms with E-state index in [0.717, 1.165) is 16.8 Å². The Labute approximate surface area is 104 Å². The number of carbonyl (C=O) groups excluding carboxylic acids is 1. The van der Waals surface area contributed by atoms with Crippen molar-refractivity contribution in [1.82, 2.24) is 15.5 Å². The fourth-order valence-corrected chi connectivity index (χ4v) is 1.58. The molecule has 2 rings (SSSR count). The van der Waals surface area contributed by atoms with Gasteiger partial charge in [0.1, 0.15) is 0 Å². The summed E-state index contributed by atoms with van der Waals surface area (Å²) in [5, 5.41) is 9.47. The number of carbonyl (C=O) groups is 1. The van der Waals surface area contributed by atoms with Crippen molar-refractivity contribution in [1.29, 1.82) is 0 Å². The molecule has 0 aliphatic carbocycles. The smallest absolute Gasteiger partial charge is 0.240 e. The minimum Gasteiger partial charge on any atom is -0.338 e. The Morgan fingerprint density at radius 1 is 1.44 bits per heavy atom. The van der Waals surface area contributed by atoms with Crippen molar-refractivity contribution in [3.8, 4) is 11.4 Å². The summed E-state index contributed by atoms with van der Waals surface area (Å²) >= 11 is 0. The minimum atomic E-state index is 0.509. The van der Waals surface area contributed by atoms with Crippen LogP contribution >= 0.6 is 0 Å². The van der Waals surface area contributed by atoms with E-state index in [9.17, 15) is 4.79 Å². The molecule has 0 spiro atoms. The van der Waals surface area contributed by atoms with Gasteiger partial charge in [-0.2, -0.15) is 4.98 Å². The number of nitrogens with one attached hydrogen (secondary N) is 2. The van der Waals surface area contributed by atoms with E-state index in [-0.39, 0.29) is 0 Å². The highest BCUT2D eigenvalue weighted by Gasteiger charge is 2.09. The van der Waals surface area contributed by atoms with Crippen LogP contribution in [0.1, 0.15) is 11.5 Å². The molecule has 0 aliphatic rings. The molecular formula is C12H14N4O2. The molecule has 2 N–H and O–H groups in total. The number of benzene rings is 1. The maximum absolute atomic E-state index is 10.5. The first-order valence-corrected chi connectivity index (χ1v) is 5.53. The Balaban J connectivity index is 2.31. The zero-order valence-electron chi connectivity index (χ0n) is 10.2. The van der Waals surface area contributed by atoms with Gasteiger partial charge in [0.2, 0.25) is 18.1 Å². The molecule has 0 saturated carbocycles. The minimum absolute atomic E-state index is 0.509. The van der Waals surface area contributed by atoms with Crippen LogP contribution in [-0.2, 0) is 11.3 Å². The molecule has 0 aliphatic heterocycles. The molecule has 0 radical (unpaired) electrons. The lowest BCUT2D eigenvalue weighted by Gasteiger charge is -2.04. The van der Waals surface area contributed by atoms with E-state index in [1.165, 1.54) is 0 Å². The molecule has 18 heavy (non-hydrogen) atoms. The van der Waals surface area contributed by atoms with Gasteiger partial charge >= 0.3 is 0 Å². The van der Waals surface area contributed by atoms with Crippen molar-refractivity contribution in [3.63, 3.8) is 0 Å². The third-order valence-electron chi connectivity index (χ3n) is 2.51. The van der Waals surface area contributed by atoms with Gasteiger partial charge in [0, 0.05) is 11.3 Å². The first-order valence-electron chi connectivity index (χ1n) is 5.53. The highest BCUT2D eigenvalue weighted by atomic mass is 16.5. The van der Waals surface area contributed by atoms with Gasteiger partial charge in [-0.25, -0.2) is 0 Å². The van der Waals surface area contributed by atoms with Crippen molar-refractivity contribution in [2.24, 2.45) is 0 Å². The molecule has 0 bridgehead atoms. The van der Waals surface area contributed by atoms with Crippen LogP contribution in [0.25, 0.3) is 11.4 Å². The van der Waals surface area contributed by atoms with Crippen LogP contribution in [0.4, 0.5) is 5.69 Å². The van der Waals surface area contributed by atoms with Gasteiger partial charge in [0.25, 0.3) is 0 Å². The Kier molecular flexibility index (Phi) is 3.69. The second-order valence-electron chi connectivity index (χ2n) is 3.83. The van der Waals surface area contributed by atoms with Crippen molar-refractivity contribution >= 4 is 12.1 Å². The first-order chi connectivity index (χ1) is 8.74. The molecule has 6 heteroatoms. The topological polar surface area (TPSA) is 80.0 Å². The predicted octanol–water partition coefficient (Wildman–Crippen LogP) is 1.33. The van der Waals surface area contributed by atoms with E-state index in [2.05, 4.69) is 20.8 Å². The number of rotatable bonds is 5. The number of aromatic nitrogens is 2. The summed E-state index contributed by atoms with van der Waals surface area (Å²) in [5.74, 6) is 1.03. The lowest BCUT2D eigenvalue weighted by Crippen LogP contribution is -2.04. The third-order valence-corrected chi connectivity index (χ3v) is 2.51. The Bertz CT molecular complexity index is 551. The molecule has 94 valence electrons. The number of anilines is 1. The monoisotopic (exact) mass is 246 g/mol. The van der Waals surface area contributed by atoms with E-state index in [0.29, 0.717) is 24.7 Å². The van der Waals surface area contributed by atoms with Gasteiger partial charge in [-0.15, -0.1) is 0 Å². The maximum atomic E-state index is 10.5. The van der Waals surface area contributed by atoms with Crippen LogP contribution in [0.15, 0.2) is 22.7 Å². The quantitative estimate of drug-likeness (QED) is 0.778. The average Bonchev–Trinajstić information content (AvgIpc) is 2.81. The number of hydrogen-bond donors (Lipinski definition) is 2. The summed E-state index contributed by atoms with van der Waals surface area (Å²) in [6, 6.07) is 5.60. The molecule has 1 amide bonds. The second kappa shape index (κ2) is 5.42. The van der Waals surface area contributed by atoms with Crippen molar-refractivity contribution in [2.75, 3.05) is 12.4 Å².